The SMILES string of the molecule is FC(F)Oc1cccc2c1CC=C2. The minimum absolute atomic E-state index is 0.289. The molecular formula is C10H8F2O. The minimum atomic E-state index is -2.74. The van der Waals surface area contributed by atoms with Crippen molar-refractivity contribution >= 4 is 6.08 Å². The molecule has 1 aliphatic rings. The van der Waals surface area contributed by atoms with Gasteiger partial charge < -0.3 is 4.74 Å². The first kappa shape index (κ1) is 8.23. The molecule has 2 rings (SSSR count). The summed E-state index contributed by atoms with van der Waals surface area (Å²) in [6.45, 7) is -2.74. The van der Waals surface area contributed by atoms with E-state index in [1.165, 1.54) is 0 Å². The van der Waals surface area contributed by atoms with Gasteiger partial charge in [0.2, 0.25) is 0 Å². The Morgan fingerprint density at radius 3 is 2.92 bits per heavy atom. The van der Waals surface area contributed by atoms with Crippen molar-refractivity contribution in [2.75, 3.05) is 0 Å². The van der Waals surface area contributed by atoms with Gasteiger partial charge in [0.15, 0.2) is 0 Å². The molecule has 0 unspecified atom stereocenters. The third-order valence-corrected chi connectivity index (χ3v) is 2.00. The van der Waals surface area contributed by atoms with Gasteiger partial charge in [-0.15, -0.1) is 0 Å². The highest BCUT2D eigenvalue weighted by molar-refractivity contribution is 5.63. The molecule has 68 valence electrons. The van der Waals surface area contributed by atoms with Crippen LogP contribution in [0.2, 0.25) is 0 Å². The highest BCUT2D eigenvalue weighted by Crippen LogP contribution is 2.29. The predicted octanol–water partition coefficient (Wildman–Crippen LogP) is 2.86. The van der Waals surface area contributed by atoms with Gasteiger partial charge in [0.1, 0.15) is 5.75 Å². The molecule has 0 saturated heterocycles. The fraction of sp³-hybridized carbons (Fsp3) is 0.200. The van der Waals surface area contributed by atoms with Crippen LogP contribution in [0.15, 0.2) is 24.3 Å². The van der Waals surface area contributed by atoms with Crippen LogP contribution in [0, 0.1) is 0 Å². The van der Waals surface area contributed by atoms with Crippen molar-refractivity contribution in [3.8, 4) is 5.75 Å². The quantitative estimate of drug-likeness (QED) is 0.683. The largest absolute Gasteiger partial charge is 0.435 e. The van der Waals surface area contributed by atoms with Crippen molar-refractivity contribution in [3.05, 3.63) is 35.4 Å². The monoisotopic (exact) mass is 182 g/mol. The Kier molecular flexibility index (Phi) is 2.00. The van der Waals surface area contributed by atoms with Crippen LogP contribution in [0.3, 0.4) is 0 Å². The highest BCUT2D eigenvalue weighted by atomic mass is 19.3. The van der Waals surface area contributed by atoms with Crippen LogP contribution in [0.4, 0.5) is 8.78 Å². The van der Waals surface area contributed by atoms with E-state index in [0.717, 1.165) is 11.1 Å². The fourth-order valence-corrected chi connectivity index (χ4v) is 1.47. The summed E-state index contributed by atoms with van der Waals surface area (Å²) >= 11 is 0. The lowest BCUT2D eigenvalue weighted by Crippen LogP contribution is -2.04. The third-order valence-electron chi connectivity index (χ3n) is 2.00. The van der Waals surface area contributed by atoms with Crippen LogP contribution in [-0.2, 0) is 6.42 Å². The molecule has 1 aliphatic carbocycles. The minimum Gasteiger partial charge on any atom is -0.435 e. The second-order valence-corrected chi connectivity index (χ2v) is 2.81. The van der Waals surface area contributed by atoms with E-state index < -0.39 is 6.61 Å². The summed E-state index contributed by atoms with van der Waals surface area (Å²) in [5.74, 6) is 0.289. The zero-order chi connectivity index (χ0) is 9.26. The van der Waals surface area contributed by atoms with Crippen molar-refractivity contribution in [1.82, 2.24) is 0 Å². The van der Waals surface area contributed by atoms with Crippen molar-refractivity contribution in [3.63, 3.8) is 0 Å². The van der Waals surface area contributed by atoms with E-state index in [0.29, 0.717) is 6.42 Å². The summed E-state index contributed by atoms with van der Waals surface area (Å²) in [5.41, 5.74) is 1.82. The van der Waals surface area contributed by atoms with Crippen LogP contribution < -0.4 is 4.74 Å². The molecule has 0 fully saturated rings. The first-order valence-corrected chi connectivity index (χ1v) is 4.00. The second kappa shape index (κ2) is 3.17. The van der Waals surface area contributed by atoms with E-state index in [4.69, 9.17) is 0 Å². The highest BCUT2D eigenvalue weighted by Gasteiger charge is 2.13. The average Bonchev–Trinajstić information content (AvgIpc) is 2.51. The number of hydrogen-bond acceptors (Lipinski definition) is 1. The van der Waals surface area contributed by atoms with E-state index in [9.17, 15) is 8.78 Å². The van der Waals surface area contributed by atoms with E-state index in [2.05, 4.69) is 4.74 Å². The van der Waals surface area contributed by atoms with Gasteiger partial charge in [-0.05, 0) is 18.1 Å². The molecule has 1 aromatic carbocycles. The molecule has 1 nitrogen and oxygen atoms in total. The Morgan fingerprint density at radius 1 is 1.31 bits per heavy atom. The van der Waals surface area contributed by atoms with E-state index in [1.807, 2.05) is 18.2 Å². The maximum absolute atomic E-state index is 11.9. The first-order valence-electron chi connectivity index (χ1n) is 4.00. The van der Waals surface area contributed by atoms with E-state index in [-0.39, 0.29) is 5.75 Å². The number of allylic oxidation sites excluding steroid dienone is 1. The molecule has 1 aromatic rings. The van der Waals surface area contributed by atoms with Crippen LogP contribution in [-0.4, -0.2) is 6.61 Å². The molecule has 0 amide bonds. The second-order valence-electron chi connectivity index (χ2n) is 2.81. The van der Waals surface area contributed by atoms with Gasteiger partial charge in [-0.2, -0.15) is 8.78 Å². The van der Waals surface area contributed by atoms with Gasteiger partial charge in [-0.3, -0.25) is 0 Å². The lowest BCUT2D eigenvalue weighted by molar-refractivity contribution is -0.0503. The van der Waals surface area contributed by atoms with Gasteiger partial charge in [0.25, 0.3) is 0 Å². The summed E-state index contributed by atoms with van der Waals surface area (Å²) in [6.07, 6.45) is 4.52. The van der Waals surface area contributed by atoms with Crippen LogP contribution in [0.1, 0.15) is 11.1 Å². The average molecular weight is 182 g/mol. The smallest absolute Gasteiger partial charge is 0.387 e. The molecule has 0 aliphatic heterocycles. The predicted molar refractivity (Wildman–Crippen MR) is 45.8 cm³/mol. The summed E-state index contributed by atoms with van der Waals surface area (Å²) in [6, 6.07) is 5.17. The molecule has 0 aromatic heterocycles. The molecule has 0 N–H and O–H groups in total. The Labute approximate surface area is 74.6 Å². The number of benzene rings is 1. The van der Waals surface area contributed by atoms with Gasteiger partial charge >= 0.3 is 6.61 Å². The Balaban J connectivity index is 2.33. The maximum atomic E-state index is 11.9. The molecule has 0 atom stereocenters. The number of ether oxygens (including phenoxy) is 1. The Hall–Kier alpha value is -1.38. The standard InChI is InChI=1S/C10H8F2O/c11-10(12)13-9-6-2-4-7-3-1-5-8(7)9/h1-4,6,10H,5H2. The van der Waals surface area contributed by atoms with Crippen LogP contribution >= 0.6 is 0 Å². The summed E-state index contributed by atoms with van der Waals surface area (Å²) in [5, 5.41) is 0. The molecule has 0 saturated carbocycles. The normalized spacial score (nSPS) is 13.5. The van der Waals surface area contributed by atoms with Crippen molar-refractivity contribution in [2.45, 2.75) is 13.0 Å². The third kappa shape index (κ3) is 1.54. The van der Waals surface area contributed by atoms with Gasteiger partial charge in [-0.1, -0.05) is 24.3 Å². The number of rotatable bonds is 2. The Bertz CT molecular complexity index is 345. The Morgan fingerprint density at radius 2 is 2.15 bits per heavy atom. The lowest BCUT2D eigenvalue weighted by atomic mass is 10.1. The molecule has 0 spiro atoms. The topological polar surface area (TPSA) is 9.23 Å². The van der Waals surface area contributed by atoms with Gasteiger partial charge in [0.05, 0.1) is 0 Å². The number of hydrogen-bond donors (Lipinski definition) is 0. The molecule has 0 heterocycles. The first-order chi connectivity index (χ1) is 6.27. The zero-order valence-electron chi connectivity index (χ0n) is 6.84. The lowest BCUT2D eigenvalue weighted by Gasteiger charge is -2.08. The summed E-state index contributed by atoms with van der Waals surface area (Å²) in [7, 11) is 0. The van der Waals surface area contributed by atoms with Crippen molar-refractivity contribution in [1.29, 1.82) is 0 Å². The molecule has 0 radical (unpaired) electrons. The van der Waals surface area contributed by atoms with E-state index >= 15 is 0 Å². The van der Waals surface area contributed by atoms with Gasteiger partial charge in [0, 0.05) is 5.56 Å². The zero-order valence-corrected chi connectivity index (χ0v) is 6.84. The van der Waals surface area contributed by atoms with Crippen LogP contribution in [0.5, 0.6) is 5.75 Å². The summed E-state index contributed by atoms with van der Waals surface area (Å²) in [4.78, 5) is 0. The fourth-order valence-electron chi connectivity index (χ4n) is 1.47. The molecular weight excluding hydrogens is 174 g/mol. The number of halogens is 2. The van der Waals surface area contributed by atoms with E-state index in [1.54, 1.807) is 12.1 Å². The van der Waals surface area contributed by atoms with Gasteiger partial charge in [-0.25, -0.2) is 0 Å². The maximum Gasteiger partial charge on any atom is 0.387 e. The number of alkyl halides is 2. The number of fused-ring (bicyclic) bond motifs is 1. The van der Waals surface area contributed by atoms with Crippen molar-refractivity contribution in [2.24, 2.45) is 0 Å². The molecule has 3 heteroatoms. The summed E-state index contributed by atoms with van der Waals surface area (Å²) < 4.78 is 28.3. The molecule has 0 bridgehead atoms. The molecule has 13 heavy (non-hydrogen) atoms. The van der Waals surface area contributed by atoms with Crippen molar-refractivity contribution < 1.29 is 13.5 Å². The van der Waals surface area contributed by atoms with Crippen LogP contribution in [0.25, 0.3) is 6.08 Å².